The number of carbonyl (C=O) groups excluding carboxylic acids is 2. The fraction of sp³-hybridized carbons (Fsp3) is 0.0556. The number of halogens is 1. The molecule has 0 saturated heterocycles. The highest BCUT2D eigenvalue weighted by atomic mass is 79.9. The predicted molar refractivity (Wildman–Crippen MR) is 93.3 cm³/mol. The first-order valence-electron chi connectivity index (χ1n) is 7.12. The molecule has 1 heterocycles. The van der Waals surface area contributed by atoms with E-state index in [0.717, 1.165) is 4.47 Å². The van der Waals surface area contributed by atoms with Gasteiger partial charge in [0.25, 0.3) is 0 Å². The van der Waals surface area contributed by atoms with Crippen molar-refractivity contribution in [1.82, 2.24) is 4.98 Å². The van der Waals surface area contributed by atoms with Gasteiger partial charge in [-0.2, -0.15) is 0 Å². The summed E-state index contributed by atoms with van der Waals surface area (Å²) in [6.45, 7) is -0.394. The van der Waals surface area contributed by atoms with Crippen molar-refractivity contribution >= 4 is 38.6 Å². The standard InChI is InChI=1S/C18H12BrNO4/c19-12-7-5-11(6-8-12)17(22)10-24-18(23)15-9-16(21)13-3-1-2-4-14(13)20-15/h1-9H,10H2,(H,20,21). The van der Waals surface area contributed by atoms with Crippen LogP contribution in [0.25, 0.3) is 10.9 Å². The number of aromatic amines is 1. The monoisotopic (exact) mass is 385 g/mol. The van der Waals surface area contributed by atoms with E-state index in [4.69, 9.17) is 4.74 Å². The lowest BCUT2D eigenvalue weighted by Gasteiger charge is -2.06. The fourth-order valence-electron chi connectivity index (χ4n) is 2.23. The van der Waals surface area contributed by atoms with E-state index in [-0.39, 0.29) is 16.9 Å². The quantitative estimate of drug-likeness (QED) is 0.551. The van der Waals surface area contributed by atoms with Crippen LogP contribution in [-0.2, 0) is 4.74 Å². The summed E-state index contributed by atoms with van der Waals surface area (Å²) in [6, 6.07) is 14.8. The number of benzene rings is 2. The maximum atomic E-state index is 12.1. The number of ketones is 1. The normalized spacial score (nSPS) is 10.5. The molecule has 1 N–H and O–H groups in total. The van der Waals surface area contributed by atoms with Gasteiger partial charge in [-0.1, -0.05) is 40.2 Å². The van der Waals surface area contributed by atoms with Crippen molar-refractivity contribution in [2.75, 3.05) is 6.61 Å². The van der Waals surface area contributed by atoms with Gasteiger partial charge in [0.15, 0.2) is 17.8 Å². The van der Waals surface area contributed by atoms with Crippen molar-refractivity contribution in [3.63, 3.8) is 0 Å². The number of carbonyl (C=O) groups is 2. The average molecular weight is 386 g/mol. The van der Waals surface area contributed by atoms with Gasteiger partial charge in [-0.3, -0.25) is 9.59 Å². The second-order valence-electron chi connectivity index (χ2n) is 5.10. The van der Waals surface area contributed by atoms with Gasteiger partial charge in [-0.05, 0) is 24.3 Å². The van der Waals surface area contributed by atoms with E-state index in [2.05, 4.69) is 20.9 Å². The zero-order chi connectivity index (χ0) is 17.1. The summed E-state index contributed by atoms with van der Waals surface area (Å²) in [5.74, 6) is -1.07. The number of para-hydroxylation sites is 1. The van der Waals surface area contributed by atoms with Crippen molar-refractivity contribution < 1.29 is 14.3 Å². The molecule has 6 heteroatoms. The SMILES string of the molecule is O=C(COC(=O)c1cc(=O)c2ccccc2[nH]1)c1ccc(Br)cc1. The van der Waals surface area contributed by atoms with E-state index in [0.29, 0.717) is 16.5 Å². The highest BCUT2D eigenvalue weighted by Gasteiger charge is 2.14. The first kappa shape index (κ1) is 16.1. The number of aromatic nitrogens is 1. The smallest absolute Gasteiger partial charge is 0.355 e. The number of Topliss-reactive ketones (excluding diaryl/α,β-unsaturated/α-hetero) is 1. The van der Waals surface area contributed by atoms with Crippen molar-refractivity contribution in [2.24, 2.45) is 0 Å². The molecule has 0 aliphatic carbocycles. The number of hydrogen-bond acceptors (Lipinski definition) is 4. The Morgan fingerprint density at radius 1 is 1.04 bits per heavy atom. The minimum atomic E-state index is -0.747. The van der Waals surface area contributed by atoms with Crippen LogP contribution in [0.5, 0.6) is 0 Å². The first-order chi connectivity index (χ1) is 11.5. The van der Waals surface area contributed by atoms with Crippen molar-refractivity contribution in [2.45, 2.75) is 0 Å². The van der Waals surface area contributed by atoms with Crippen LogP contribution in [0.2, 0.25) is 0 Å². The molecule has 0 fully saturated rings. The Morgan fingerprint density at radius 2 is 1.75 bits per heavy atom. The molecular formula is C18H12BrNO4. The third-order valence-electron chi connectivity index (χ3n) is 3.46. The minimum Gasteiger partial charge on any atom is -0.453 e. The van der Waals surface area contributed by atoms with Crippen molar-refractivity contribution in [3.05, 3.63) is 80.6 Å². The Kier molecular flexibility index (Phi) is 4.57. The minimum absolute atomic E-state index is 0.0160. The van der Waals surface area contributed by atoms with Gasteiger partial charge in [0.1, 0.15) is 5.69 Å². The molecule has 0 spiro atoms. The molecule has 24 heavy (non-hydrogen) atoms. The van der Waals surface area contributed by atoms with E-state index < -0.39 is 12.6 Å². The summed E-state index contributed by atoms with van der Waals surface area (Å²) in [6.07, 6.45) is 0. The predicted octanol–water partition coefficient (Wildman–Crippen LogP) is 3.33. The summed E-state index contributed by atoms with van der Waals surface area (Å²) in [5, 5.41) is 0.486. The molecule has 3 aromatic rings. The second kappa shape index (κ2) is 6.80. The molecule has 0 bridgehead atoms. The van der Waals surface area contributed by atoms with E-state index in [1.807, 2.05) is 0 Å². The Bertz CT molecular complexity index is 976. The molecule has 120 valence electrons. The van der Waals surface area contributed by atoms with Crippen molar-refractivity contribution in [3.8, 4) is 0 Å². The Balaban J connectivity index is 1.74. The van der Waals surface area contributed by atoms with Gasteiger partial charge < -0.3 is 9.72 Å². The molecule has 0 atom stereocenters. The Morgan fingerprint density at radius 3 is 2.50 bits per heavy atom. The van der Waals surface area contributed by atoms with E-state index in [9.17, 15) is 14.4 Å². The number of rotatable bonds is 4. The Hall–Kier alpha value is -2.73. The molecule has 0 unspecified atom stereocenters. The maximum absolute atomic E-state index is 12.1. The number of pyridine rings is 1. The maximum Gasteiger partial charge on any atom is 0.355 e. The third kappa shape index (κ3) is 3.44. The molecule has 0 saturated carbocycles. The fourth-order valence-corrected chi connectivity index (χ4v) is 2.50. The van der Waals surface area contributed by atoms with Gasteiger partial charge in [-0.25, -0.2) is 4.79 Å². The number of nitrogens with one attached hydrogen (secondary N) is 1. The number of fused-ring (bicyclic) bond motifs is 1. The van der Waals surface area contributed by atoms with E-state index in [1.165, 1.54) is 6.07 Å². The van der Waals surface area contributed by atoms with Gasteiger partial charge in [0, 0.05) is 27.0 Å². The molecule has 0 radical (unpaired) electrons. The number of ether oxygens (including phenoxy) is 1. The molecule has 1 aromatic heterocycles. The second-order valence-corrected chi connectivity index (χ2v) is 6.01. The van der Waals surface area contributed by atoms with Gasteiger partial charge in [0.2, 0.25) is 0 Å². The summed E-state index contributed by atoms with van der Waals surface area (Å²) in [7, 11) is 0. The highest BCUT2D eigenvalue weighted by molar-refractivity contribution is 9.10. The summed E-state index contributed by atoms with van der Waals surface area (Å²) >= 11 is 3.28. The number of hydrogen-bond donors (Lipinski definition) is 1. The van der Waals surface area contributed by atoms with Crippen LogP contribution in [0.15, 0.2) is 63.9 Å². The zero-order valence-corrected chi connectivity index (χ0v) is 14.0. The molecule has 0 amide bonds. The summed E-state index contributed by atoms with van der Waals surface area (Å²) in [5.41, 5.74) is 0.715. The number of esters is 1. The number of H-pyrrole nitrogens is 1. The van der Waals surface area contributed by atoms with Crippen LogP contribution < -0.4 is 5.43 Å². The van der Waals surface area contributed by atoms with Gasteiger partial charge >= 0.3 is 5.97 Å². The first-order valence-corrected chi connectivity index (χ1v) is 7.92. The van der Waals surface area contributed by atoms with Crippen molar-refractivity contribution in [1.29, 1.82) is 0 Å². The third-order valence-corrected chi connectivity index (χ3v) is 3.99. The summed E-state index contributed by atoms with van der Waals surface area (Å²) < 4.78 is 5.86. The largest absolute Gasteiger partial charge is 0.453 e. The van der Waals surface area contributed by atoms with Crippen LogP contribution in [0.4, 0.5) is 0 Å². The Labute approximate surface area is 145 Å². The lowest BCUT2D eigenvalue weighted by molar-refractivity contribution is 0.0469. The molecule has 2 aromatic carbocycles. The lowest BCUT2D eigenvalue weighted by Crippen LogP contribution is -2.17. The summed E-state index contributed by atoms with van der Waals surface area (Å²) in [4.78, 5) is 38.9. The van der Waals surface area contributed by atoms with E-state index in [1.54, 1.807) is 48.5 Å². The van der Waals surface area contributed by atoms with Crippen LogP contribution in [0.1, 0.15) is 20.8 Å². The average Bonchev–Trinajstić information content (AvgIpc) is 2.60. The zero-order valence-electron chi connectivity index (χ0n) is 12.4. The topological polar surface area (TPSA) is 76.2 Å². The molecule has 5 nitrogen and oxygen atoms in total. The lowest BCUT2D eigenvalue weighted by atomic mass is 10.1. The molecular weight excluding hydrogens is 374 g/mol. The molecule has 0 aliphatic heterocycles. The highest BCUT2D eigenvalue weighted by Crippen LogP contribution is 2.12. The van der Waals surface area contributed by atoms with Crippen LogP contribution in [0.3, 0.4) is 0 Å². The molecule has 3 rings (SSSR count). The van der Waals surface area contributed by atoms with Crippen LogP contribution in [0, 0.1) is 0 Å². The van der Waals surface area contributed by atoms with Gasteiger partial charge in [0.05, 0.1) is 0 Å². The van der Waals surface area contributed by atoms with Crippen LogP contribution in [-0.4, -0.2) is 23.3 Å². The van der Waals surface area contributed by atoms with Gasteiger partial charge in [-0.15, -0.1) is 0 Å². The molecule has 0 aliphatic rings. The van der Waals surface area contributed by atoms with Crippen LogP contribution >= 0.6 is 15.9 Å². The van der Waals surface area contributed by atoms with E-state index >= 15 is 0 Å².